The van der Waals surface area contributed by atoms with Gasteiger partial charge in [0.15, 0.2) is 5.82 Å². The van der Waals surface area contributed by atoms with Crippen LogP contribution in [0, 0.1) is 13.8 Å². The largest absolute Gasteiger partial charge is 0.340 e. The summed E-state index contributed by atoms with van der Waals surface area (Å²) in [6.07, 6.45) is 3.66. The fourth-order valence-electron chi connectivity index (χ4n) is 3.89. The van der Waals surface area contributed by atoms with Crippen molar-refractivity contribution in [2.75, 3.05) is 13.1 Å². The van der Waals surface area contributed by atoms with Crippen molar-refractivity contribution in [2.24, 2.45) is 7.05 Å². The second kappa shape index (κ2) is 6.57. The highest BCUT2D eigenvalue weighted by Gasteiger charge is 2.29. The average molecular weight is 369 g/mol. The van der Waals surface area contributed by atoms with E-state index in [2.05, 4.69) is 20.3 Å². The molecule has 9 heteroatoms. The number of rotatable bonds is 3. The van der Waals surface area contributed by atoms with Gasteiger partial charge < -0.3 is 9.47 Å². The molecule has 9 nitrogen and oxygen atoms in total. The first kappa shape index (κ1) is 17.3. The molecule has 0 saturated carbocycles. The van der Waals surface area contributed by atoms with E-state index in [1.165, 1.54) is 0 Å². The van der Waals surface area contributed by atoms with Gasteiger partial charge in [-0.1, -0.05) is 0 Å². The molecule has 0 aromatic carbocycles. The Balaban J connectivity index is 1.60. The fourth-order valence-corrected chi connectivity index (χ4v) is 3.89. The molecule has 4 rings (SSSR count). The Kier molecular flexibility index (Phi) is 4.21. The van der Waals surface area contributed by atoms with Gasteiger partial charge in [0.05, 0.1) is 5.56 Å². The average Bonchev–Trinajstić information content (AvgIpc) is 3.34. The molecular formula is C18H23N7O2. The van der Waals surface area contributed by atoms with Crippen molar-refractivity contribution < 1.29 is 4.79 Å². The summed E-state index contributed by atoms with van der Waals surface area (Å²) in [5.41, 5.74) is 2.23. The lowest BCUT2D eigenvalue weighted by Crippen LogP contribution is -2.39. The first-order chi connectivity index (χ1) is 12.9. The Morgan fingerprint density at radius 3 is 2.81 bits per heavy atom. The van der Waals surface area contributed by atoms with Crippen molar-refractivity contribution in [2.45, 2.75) is 32.6 Å². The minimum Gasteiger partial charge on any atom is -0.338 e. The van der Waals surface area contributed by atoms with E-state index in [0.717, 1.165) is 30.0 Å². The number of nitrogens with zero attached hydrogens (tertiary/aromatic N) is 5. The summed E-state index contributed by atoms with van der Waals surface area (Å²) < 4.78 is 3.75. The van der Waals surface area contributed by atoms with Gasteiger partial charge in [0, 0.05) is 49.7 Å². The van der Waals surface area contributed by atoms with E-state index in [-0.39, 0.29) is 17.5 Å². The molecule has 0 radical (unpaired) electrons. The molecule has 3 aromatic heterocycles. The Morgan fingerprint density at radius 2 is 2.15 bits per heavy atom. The maximum absolute atomic E-state index is 13.2. The van der Waals surface area contributed by atoms with Gasteiger partial charge in [-0.2, -0.15) is 10.2 Å². The number of amides is 1. The minimum atomic E-state index is -0.313. The predicted molar refractivity (Wildman–Crippen MR) is 99.1 cm³/mol. The lowest BCUT2D eigenvalue weighted by Gasteiger charge is -2.31. The van der Waals surface area contributed by atoms with Gasteiger partial charge in [0.2, 0.25) is 0 Å². The highest BCUT2D eigenvalue weighted by atomic mass is 16.2. The predicted octanol–water partition coefficient (Wildman–Crippen LogP) is 1.26. The number of carbonyl (C=O) groups excluding carboxylic acids is 1. The Bertz CT molecular complexity index is 1040. The van der Waals surface area contributed by atoms with E-state index in [0.29, 0.717) is 24.5 Å². The summed E-state index contributed by atoms with van der Waals surface area (Å²) in [5.74, 6) is 1.47. The number of likely N-dealkylation sites (tertiary alicyclic amines) is 1. The van der Waals surface area contributed by atoms with Crippen LogP contribution in [0.15, 0.2) is 23.1 Å². The zero-order chi connectivity index (χ0) is 19.1. The van der Waals surface area contributed by atoms with Gasteiger partial charge >= 0.3 is 5.69 Å². The number of hydrogen-bond acceptors (Lipinski definition) is 4. The monoisotopic (exact) mass is 369 g/mol. The van der Waals surface area contributed by atoms with Gasteiger partial charge in [-0.3, -0.25) is 14.5 Å². The number of piperidine rings is 1. The summed E-state index contributed by atoms with van der Waals surface area (Å²) in [6.45, 7) is 5.18. The van der Waals surface area contributed by atoms with Gasteiger partial charge in [0.25, 0.3) is 5.91 Å². The Morgan fingerprint density at radius 1 is 1.33 bits per heavy atom. The van der Waals surface area contributed by atoms with Crippen molar-refractivity contribution in [1.82, 2.24) is 34.4 Å². The van der Waals surface area contributed by atoms with Crippen molar-refractivity contribution in [1.29, 1.82) is 0 Å². The van der Waals surface area contributed by atoms with Gasteiger partial charge in [-0.05, 0) is 32.8 Å². The van der Waals surface area contributed by atoms with Crippen LogP contribution in [0.25, 0.3) is 5.82 Å². The summed E-state index contributed by atoms with van der Waals surface area (Å²) in [5, 5.41) is 10.9. The van der Waals surface area contributed by atoms with E-state index < -0.39 is 0 Å². The SMILES string of the molecule is Cc1cc(C(=O)N2CCCC(c3n[nH]c(=O)[nH]3)C2)c(C)n1-c1ccn(C)n1. The molecule has 1 atom stereocenters. The number of carbonyl (C=O) groups is 1. The maximum atomic E-state index is 13.2. The number of aromatic nitrogens is 6. The number of nitrogens with one attached hydrogen (secondary N) is 2. The van der Waals surface area contributed by atoms with E-state index in [1.54, 1.807) is 4.68 Å². The van der Waals surface area contributed by atoms with Gasteiger partial charge in [-0.15, -0.1) is 0 Å². The third kappa shape index (κ3) is 3.09. The van der Waals surface area contributed by atoms with E-state index in [1.807, 2.05) is 48.7 Å². The topological polar surface area (TPSA) is 105 Å². The molecule has 1 fully saturated rings. The van der Waals surface area contributed by atoms with Gasteiger partial charge in [-0.25, -0.2) is 9.89 Å². The third-order valence-corrected chi connectivity index (χ3v) is 5.20. The standard InChI is InChI=1S/C18H23N7O2/c1-11-9-14(12(2)25(11)15-6-8-23(3)22-15)17(26)24-7-4-5-13(10-24)16-19-18(27)21-20-16/h6,8-9,13H,4-5,7,10H2,1-3H3,(H2,19,20,21,27). The molecule has 2 N–H and O–H groups in total. The highest BCUT2D eigenvalue weighted by molar-refractivity contribution is 5.96. The molecule has 27 heavy (non-hydrogen) atoms. The quantitative estimate of drug-likeness (QED) is 0.725. The van der Waals surface area contributed by atoms with E-state index in [9.17, 15) is 9.59 Å². The van der Waals surface area contributed by atoms with Crippen LogP contribution in [0.5, 0.6) is 0 Å². The molecule has 3 aromatic rings. The molecule has 1 unspecified atom stereocenters. The van der Waals surface area contributed by atoms with Crippen LogP contribution < -0.4 is 5.69 Å². The van der Waals surface area contributed by atoms with Crippen LogP contribution in [0.1, 0.15) is 46.3 Å². The third-order valence-electron chi connectivity index (χ3n) is 5.20. The molecule has 1 aliphatic rings. The first-order valence-corrected chi connectivity index (χ1v) is 9.07. The second-order valence-corrected chi connectivity index (χ2v) is 7.12. The lowest BCUT2D eigenvalue weighted by molar-refractivity contribution is 0.0704. The van der Waals surface area contributed by atoms with Crippen LogP contribution in [0.3, 0.4) is 0 Å². The molecule has 0 bridgehead atoms. The van der Waals surface area contributed by atoms with Crippen LogP contribution in [-0.4, -0.2) is 53.4 Å². The molecule has 0 aliphatic carbocycles. The second-order valence-electron chi connectivity index (χ2n) is 7.12. The summed E-state index contributed by atoms with van der Waals surface area (Å²) in [6, 6.07) is 3.85. The smallest absolute Gasteiger partial charge is 0.338 e. The Labute approximate surface area is 156 Å². The van der Waals surface area contributed by atoms with Crippen molar-refractivity contribution in [3.8, 4) is 5.82 Å². The highest BCUT2D eigenvalue weighted by Crippen LogP contribution is 2.27. The lowest BCUT2D eigenvalue weighted by atomic mass is 9.97. The van der Waals surface area contributed by atoms with Crippen LogP contribution in [0.2, 0.25) is 0 Å². The minimum absolute atomic E-state index is 0.00728. The van der Waals surface area contributed by atoms with E-state index >= 15 is 0 Å². The Hall–Kier alpha value is -3.10. The van der Waals surface area contributed by atoms with Gasteiger partial charge in [0.1, 0.15) is 5.82 Å². The number of aromatic amines is 2. The molecule has 4 heterocycles. The summed E-state index contributed by atoms with van der Waals surface area (Å²) in [4.78, 5) is 29.1. The zero-order valence-electron chi connectivity index (χ0n) is 15.7. The number of aryl methyl sites for hydroxylation is 2. The molecule has 1 amide bonds. The zero-order valence-corrected chi connectivity index (χ0v) is 15.7. The van der Waals surface area contributed by atoms with Crippen LogP contribution in [-0.2, 0) is 7.05 Å². The molecule has 142 valence electrons. The molecule has 1 saturated heterocycles. The number of H-pyrrole nitrogens is 2. The van der Waals surface area contributed by atoms with Crippen molar-refractivity contribution in [3.05, 3.63) is 51.6 Å². The van der Waals surface area contributed by atoms with Crippen molar-refractivity contribution in [3.63, 3.8) is 0 Å². The van der Waals surface area contributed by atoms with E-state index in [4.69, 9.17) is 0 Å². The molecule has 0 spiro atoms. The number of hydrogen-bond donors (Lipinski definition) is 2. The molecular weight excluding hydrogens is 346 g/mol. The van der Waals surface area contributed by atoms with Crippen LogP contribution in [0.4, 0.5) is 0 Å². The fraction of sp³-hybridized carbons (Fsp3) is 0.444. The summed E-state index contributed by atoms with van der Waals surface area (Å²) >= 11 is 0. The maximum Gasteiger partial charge on any atom is 0.340 e. The van der Waals surface area contributed by atoms with Crippen molar-refractivity contribution >= 4 is 5.91 Å². The normalized spacial score (nSPS) is 17.4. The molecule has 1 aliphatic heterocycles. The first-order valence-electron chi connectivity index (χ1n) is 9.07. The van der Waals surface area contributed by atoms with Crippen LogP contribution >= 0.6 is 0 Å². The summed E-state index contributed by atoms with van der Waals surface area (Å²) in [7, 11) is 1.87.